The van der Waals surface area contributed by atoms with Gasteiger partial charge in [0.1, 0.15) is 10.2 Å². The third-order valence-electron chi connectivity index (χ3n) is 3.99. The van der Waals surface area contributed by atoms with E-state index in [4.69, 9.17) is 4.74 Å². The number of carbonyl (C=O) groups excluding carboxylic acids is 1. The number of nitrogens with zero attached hydrogens (tertiary/aromatic N) is 3. The number of nitrogens with one attached hydrogen (secondary N) is 1. The standard InChI is InChI=1S/C14H16N4O3S2/c19-9-7-22-14-11(16-9)10-12(23-14)13(20)18(8-15-10)2-1-17-3-5-21-6-4-17/h8H,1-7H2,(H,16,19). The van der Waals surface area contributed by atoms with Crippen molar-refractivity contribution >= 4 is 44.9 Å². The first kappa shape index (κ1) is 15.1. The van der Waals surface area contributed by atoms with Crippen LogP contribution in [0.4, 0.5) is 5.69 Å². The van der Waals surface area contributed by atoms with Gasteiger partial charge in [-0.05, 0) is 0 Å². The Labute approximate surface area is 140 Å². The van der Waals surface area contributed by atoms with E-state index >= 15 is 0 Å². The Morgan fingerprint density at radius 2 is 2.09 bits per heavy atom. The molecule has 4 heterocycles. The highest BCUT2D eigenvalue weighted by Crippen LogP contribution is 2.42. The molecule has 1 saturated heterocycles. The van der Waals surface area contributed by atoms with Gasteiger partial charge in [-0.1, -0.05) is 0 Å². The van der Waals surface area contributed by atoms with Crippen LogP contribution in [0.3, 0.4) is 0 Å². The molecule has 0 atom stereocenters. The van der Waals surface area contributed by atoms with Gasteiger partial charge in [0.25, 0.3) is 5.56 Å². The molecule has 1 N–H and O–H groups in total. The first-order valence-corrected chi connectivity index (χ1v) is 9.27. The largest absolute Gasteiger partial charge is 0.379 e. The van der Waals surface area contributed by atoms with Crippen LogP contribution in [0.1, 0.15) is 0 Å². The van der Waals surface area contributed by atoms with Crippen molar-refractivity contribution in [2.45, 2.75) is 10.8 Å². The third-order valence-corrected chi connectivity index (χ3v) is 6.43. The van der Waals surface area contributed by atoms with Crippen LogP contribution in [0.5, 0.6) is 0 Å². The number of amides is 1. The van der Waals surface area contributed by atoms with Gasteiger partial charge < -0.3 is 10.1 Å². The lowest BCUT2D eigenvalue weighted by Crippen LogP contribution is -2.39. The number of aromatic nitrogens is 2. The van der Waals surface area contributed by atoms with E-state index in [0.29, 0.717) is 28.2 Å². The normalized spacial score (nSPS) is 18.9. The molecule has 1 amide bonds. The maximum atomic E-state index is 12.7. The number of fused-ring (bicyclic) bond motifs is 3. The van der Waals surface area contributed by atoms with Crippen molar-refractivity contribution in [2.75, 3.05) is 43.9 Å². The Hall–Kier alpha value is -1.42. The van der Waals surface area contributed by atoms with Crippen molar-refractivity contribution in [2.24, 2.45) is 0 Å². The number of rotatable bonds is 3. The average molecular weight is 352 g/mol. The van der Waals surface area contributed by atoms with E-state index in [9.17, 15) is 9.59 Å². The number of hydrogen-bond acceptors (Lipinski definition) is 7. The Balaban J connectivity index is 1.60. The lowest BCUT2D eigenvalue weighted by molar-refractivity contribution is -0.113. The van der Waals surface area contributed by atoms with Crippen molar-refractivity contribution in [1.82, 2.24) is 14.5 Å². The second kappa shape index (κ2) is 6.23. The molecular formula is C14H16N4O3S2. The second-order valence-corrected chi connectivity index (χ2v) is 7.74. The maximum absolute atomic E-state index is 12.7. The molecule has 9 heteroatoms. The molecule has 0 aliphatic carbocycles. The predicted octanol–water partition coefficient (Wildman–Crippen LogP) is 0.834. The minimum Gasteiger partial charge on any atom is -0.379 e. The van der Waals surface area contributed by atoms with Gasteiger partial charge in [-0.15, -0.1) is 23.1 Å². The van der Waals surface area contributed by atoms with Crippen LogP contribution >= 0.6 is 23.1 Å². The van der Waals surface area contributed by atoms with Crippen LogP contribution in [-0.2, 0) is 16.1 Å². The lowest BCUT2D eigenvalue weighted by Gasteiger charge is -2.26. The number of ether oxygens (including phenoxy) is 1. The Morgan fingerprint density at radius 1 is 1.26 bits per heavy atom. The summed E-state index contributed by atoms with van der Waals surface area (Å²) in [6.07, 6.45) is 1.59. The van der Waals surface area contributed by atoms with Crippen molar-refractivity contribution in [3.05, 3.63) is 16.7 Å². The fraction of sp³-hybridized carbons (Fsp3) is 0.500. The van der Waals surface area contributed by atoms with E-state index in [-0.39, 0.29) is 11.5 Å². The van der Waals surface area contributed by atoms with Gasteiger partial charge in [0, 0.05) is 26.2 Å². The molecule has 7 nitrogen and oxygen atoms in total. The summed E-state index contributed by atoms with van der Waals surface area (Å²) in [5, 5.41) is 2.83. The summed E-state index contributed by atoms with van der Waals surface area (Å²) in [6, 6.07) is 0. The minimum atomic E-state index is -0.0412. The molecule has 0 spiro atoms. The highest BCUT2D eigenvalue weighted by Gasteiger charge is 2.23. The summed E-state index contributed by atoms with van der Waals surface area (Å²) in [5.74, 6) is 0.353. The molecule has 1 fully saturated rings. The summed E-state index contributed by atoms with van der Waals surface area (Å²) in [7, 11) is 0. The van der Waals surface area contributed by atoms with Crippen LogP contribution in [0.2, 0.25) is 0 Å². The quantitative estimate of drug-likeness (QED) is 0.882. The number of morpholine rings is 1. The molecule has 2 aliphatic rings. The van der Waals surface area contributed by atoms with E-state index in [1.54, 1.807) is 10.9 Å². The zero-order valence-electron chi connectivity index (χ0n) is 12.4. The van der Waals surface area contributed by atoms with Crippen molar-refractivity contribution in [3.63, 3.8) is 0 Å². The first-order valence-electron chi connectivity index (χ1n) is 7.47. The molecule has 2 aromatic heterocycles. The summed E-state index contributed by atoms with van der Waals surface area (Å²) in [5.41, 5.74) is 1.28. The van der Waals surface area contributed by atoms with Crippen LogP contribution in [-0.4, -0.2) is 59.0 Å². The van der Waals surface area contributed by atoms with Gasteiger partial charge in [0.2, 0.25) is 5.91 Å². The highest BCUT2D eigenvalue weighted by atomic mass is 32.2. The fourth-order valence-corrected chi connectivity index (χ4v) is 4.91. The number of thioether (sulfide) groups is 1. The molecule has 122 valence electrons. The molecule has 0 radical (unpaired) electrons. The van der Waals surface area contributed by atoms with E-state index in [0.717, 1.165) is 37.1 Å². The van der Waals surface area contributed by atoms with E-state index in [2.05, 4.69) is 15.2 Å². The molecule has 0 bridgehead atoms. The van der Waals surface area contributed by atoms with E-state index < -0.39 is 0 Å². The summed E-state index contributed by atoms with van der Waals surface area (Å²) in [4.78, 5) is 30.9. The number of thiophene rings is 1. The summed E-state index contributed by atoms with van der Waals surface area (Å²) < 4.78 is 8.58. The number of anilines is 1. The summed E-state index contributed by atoms with van der Waals surface area (Å²) in [6.45, 7) is 4.74. The van der Waals surface area contributed by atoms with Gasteiger partial charge in [-0.2, -0.15) is 0 Å². The van der Waals surface area contributed by atoms with Gasteiger partial charge >= 0.3 is 0 Å². The lowest BCUT2D eigenvalue weighted by atomic mass is 10.3. The third kappa shape index (κ3) is 2.89. The van der Waals surface area contributed by atoms with Gasteiger partial charge in [0.05, 0.1) is 35.2 Å². The molecule has 2 aliphatic heterocycles. The molecule has 4 rings (SSSR count). The molecule has 0 unspecified atom stereocenters. The summed E-state index contributed by atoms with van der Waals surface area (Å²) >= 11 is 2.89. The first-order chi connectivity index (χ1) is 11.2. The van der Waals surface area contributed by atoms with Crippen LogP contribution in [0.15, 0.2) is 15.3 Å². The predicted molar refractivity (Wildman–Crippen MR) is 90.5 cm³/mol. The van der Waals surface area contributed by atoms with Gasteiger partial charge in [-0.3, -0.25) is 19.1 Å². The SMILES string of the molecule is O=C1CSc2sc3c(=O)n(CCN4CCOCC4)cnc3c2N1. The van der Waals surface area contributed by atoms with Gasteiger partial charge in [-0.25, -0.2) is 4.98 Å². The van der Waals surface area contributed by atoms with E-state index in [1.807, 2.05) is 0 Å². The Bertz CT molecular complexity index is 810. The fourth-order valence-electron chi connectivity index (χ4n) is 2.73. The monoisotopic (exact) mass is 352 g/mol. The topological polar surface area (TPSA) is 76.5 Å². The minimum absolute atomic E-state index is 0.0301. The smallest absolute Gasteiger partial charge is 0.271 e. The molecular weight excluding hydrogens is 336 g/mol. The number of hydrogen-bond donors (Lipinski definition) is 1. The maximum Gasteiger partial charge on any atom is 0.271 e. The molecule has 2 aromatic rings. The zero-order valence-corrected chi connectivity index (χ0v) is 14.0. The Morgan fingerprint density at radius 3 is 2.91 bits per heavy atom. The van der Waals surface area contributed by atoms with E-state index in [1.165, 1.54) is 23.1 Å². The van der Waals surface area contributed by atoms with Crippen LogP contribution in [0, 0.1) is 0 Å². The Kier molecular flexibility index (Phi) is 4.10. The van der Waals surface area contributed by atoms with Crippen LogP contribution in [0.25, 0.3) is 10.2 Å². The van der Waals surface area contributed by atoms with Crippen LogP contribution < -0.4 is 10.9 Å². The van der Waals surface area contributed by atoms with Crippen molar-refractivity contribution < 1.29 is 9.53 Å². The van der Waals surface area contributed by atoms with Gasteiger partial charge in [0.15, 0.2) is 0 Å². The highest BCUT2D eigenvalue weighted by molar-refractivity contribution is 8.02. The number of carbonyl (C=O) groups is 1. The zero-order chi connectivity index (χ0) is 15.8. The van der Waals surface area contributed by atoms with Crippen molar-refractivity contribution in [3.8, 4) is 0 Å². The average Bonchev–Trinajstić information content (AvgIpc) is 2.94. The van der Waals surface area contributed by atoms with Crippen molar-refractivity contribution in [1.29, 1.82) is 0 Å². The molecule has 23 heavy (non-hydrogen) atoms. The second-order valence-electron chi connectivity index (χ2n) is 5.48. The molecule has 0 saturated carbocycles. The molecule has 0 aromatic carbocycles.